The minimum atomic E-state index is -0.334. The zero-order valence-corrected chi connectivity index (χ0v) is 17.8. The molecule has 1 aliphatic carbocycles. The molecule has 0 aromatic heterocycles. The van der Waals surface area contributed by atoms with Crippen LogP contribution >= 0.6 is 0 Å². The van der Waals surface area contributed by atoms with Crippen LogP contribution in [-0.2, 0) is 5.41 Å². The number of phenolic OH excluding ortho intramolecular Hbond substituents is 3. The minimum absolute atomic E-state index is 0.00951. The predicted octanol–water partition coefficient (Wildman–Crippen LogP) is 6.33. The van der Waals surface area contributed by atoms with Crippen molar-refractivity contribution in [3.63, 3.8) is 0 Å². The Labute approximate surface area is 178 Å². The first-order valence-corrected chi connectivity index (χ1v) is 10.6. The van der Waals surface area contributed by atoms with Crippen LogP contribution in [0, 0.1) is 11.3 Å². The molecule has 4 rings (SSSR count). The van der Waals surface area contributed by atoms with E-state index in [2.05, 4.69) is 20.8 Å². The molecule has 3 N–H and O–H groups in total. The summed E-state index contributed by atoms with van der Waals surface area (Å²) in [6.45, 7) is 6.97. The molecule has 2 unspecified atom stereocenters. The van der Waals surface area contributed by atoms with Crippen molar-refractivity contribution in [2.24, 2.45) is 11.3 Å². The van der Waals surface area contributed by atoms with Crippen LogP contribution in [0.3, 0.4) is 0 Å². The average molecular weight is 403 g/mol. The Balaban J connectivity index is 2.04. The maximum Gasteiger partial charge on any atom is 0.115 e. The van der Waals surface area contributed by atoms with Crippen molar-refractivity contribution < 1.29 is 15.3 Å². The van der Waals surface area contributed by atoms with Gasteiger partial charge in [-0.15, -0.1) is 0 Å². The van der Waals surface area contributed by atoms with Gasteiger partial charge in [0, 0.05) is 11.3 Å². The van der Waals surface area contributed by atoms with Gasteiger partial charge in [-0.1, -0.05) is 57.2 Å². The van der Waals surface area contributed by atoms with Crippen molar-refractivity contribution >= 4 is 0 Å². The summed E-state index contributed by atoms with van der Waals surface area (Å²) < 4.78 is 0. The Hall–Kier alpha value is -2.94. The lowest BCUT2D eigenvalue weighted by atomic mass is 9.48. The SMILES string of the molecule is CC1CC(C)(C)C(c2ccc(O)cc2)C(c2ccc(O)cc2)(c2ccc(O)cc2)C1. The monoisotopic (exact) mass is 402 g/mol. The second-order valence-corrected chi connectivity index (χ2v) is 9.59. The highest BCUT2D eigenvalue weighted by atomic mass is 16.3. The first kappa shape index (κ1) is 20.3. The molecule has 2 atom stereocenters. The number of rotatable bonds is 3. The fourth-order valence-corrected chi connectivity index (χ4v) is 6.08. The van der Waals surface area contributed by atoms with E-state index in [0.29, 0.717) is 5.92 Å². The summed E-state index contributed by atoms with van der Waals surface area (Å²) >= 11 is 0. The van der Waals surface area contributed by atoms with Gasteiger partial charge in [0.2, 0.25) is 0 Å². The van der Waals surface area contributed by atoms with Gasteiger partial charge in [0.1, 0.15) is 17.2 Å². The van der Waals surface area contributed by atoms with E-state index in [1.165, 1.54) is 5.56 Å². The van der Waals surface area contributed by atoms with Gasteiger partial charge in [-0.25, -0.2) is 0 Å². The lowest BCUT2D eigenvalue weighted by Crippen LogP contribution is -2.48. The van der Waals surface area contributed by atoms with E-state index in [9.17, 15) is 15.3 Å². The second kappa shape index (κ2) is 7.39. The molecule has 3 aromatic carbocycles. The van der Waals surface area contributed by atoms with Gasteiger partial charge in [-0.3, -0.25) is 0 Å². The molecule has 0 saturated heterocycles. The smallest absolute Gasteiger partial charge is 0.115 e. The van der Waals surface area contributed by atoms with Crippen LogP contribution < -0.4 is 0 Å². The van der Waals surface area contributed by atoms with E-state index < -0.39 is 0 Å². The van der Waals surface area contributed by atoms with E-state index in [-0.39, 0.29) is 34.0 Å². The topological polar surface area (TPSA) is 60.7 Å². The highest BCUT2D eigenvalue weighted by Crippen LogP contribution is 2.61. The molecule has 3 nitrogen and oxygen atoms in total. The third kappa shape index (κ3) is 3.43. The van der Waals surface area contributed by atoms with Crippen molar-refractivity contribution in [1.29, 1.82) is 0 Å². The Kier molecular flexibility index (Phi) is 5.01. The number of aromatic hydroxyl groups is 3. The second-order valence-electron chi connectivity index (χ2n) is 9.59. The summed E-state index contributed by atoms with van der Waals surface area (Å²) in [6, 6.07) is 22.8. The Morgan fingerprint density at radius 2 is 1.03 bits per heavy atom. The van der Waals surface area contributed by atoms with Gasteiger partial charge >= 0.3 is 0 Å². The van der Waals surface area contributed by atoms with Gasteiger partial charge < -0.3 is 15.3 Å². The molecule has 0 bridgehead atoms. The lowest BCUT2D eigenvalue weighted by Gasteiger charge is -2.55. The molecule has 0 radical (unpaired) electrons. The molecular weight excluding hydrogens is 372 g/mol. The van der Waals surface area contributed by atoms with E-state index in [1.807, 2.05) is 36.4 Å². The Morgan fingerprint density at radius 1 is 0.633 bits per heavy atom. The minimum Gasteiger partial charge on any atom is -0.508 e. The Bertz CT molecular complexity index is 956. The number of phenols is 3. The quantitative estimate of drug-likeness (QED) is 0.480. The van der Waals surface area contributed by atoms with Crippen LogP contribution in [0.5, 0.6) is 17.2 Å². The summed E-state index contributed by atoms with van der Waals surface area (Å²) in [5.74, 6) is 1.42. The van der Waals surface area contributed by atoms with Gasteiger partial charge in [0.05, 0.1) is 0 Å². The van der Waals surface area contributed by atoms with Crippen LogP contribution in [0.15, 0.2) is 72.8 Å². The van der Waals surface area contributed by atoms with E-state index in [0.717, 1.165) is 24.0 Å². The first-order chi connectivity index (χ1) is 14.2. The van der Waals surface area contributed by atoms with Gasteiger partial charge in [-0.05, 0) is 77.3 Å². The van der Waals surface area contributed by atoms with Crippen molar-refractivity contribution in [3.8, 4) is 17.2 Å². The average Bonchev–Trinajstić information content (AvgIpc) is 2.69. The number of hydrogen-bond acceptors (Lipinski definition) is 3. The summed E-state index contributed by atoms with van der Waals surface area (Å²) in [7, 11) is 0. The van der Waals surface area contributed by atoms with Crippen LogP contribution in [-0.4, -0.2) is 15.3 Å². The van der Waals surface area contributed by atoms with E-state index >= 15 is 0 Å². The lowest BCUT2D eigenvalue weighted by molar-refractivity contribution is 0.0886. The molecule has 1 aliphatic rings. The summed E-state index contributed by atoms with van der Waals surface area (Å²) in [5, 5.41) is 29.8. The zero-order chi connectivity index (χ0) is 21.5. The molecule has 0 spiro atoms. The standard InChI is InChI=1S/C27H30O3/c1-18-16-26(2,3)25(19-4-10-22(28)11-5-19)27(17-18,20-6-12-23(29)13-7-20)21-8-14-24(30)15-9-21/h4-15,18,25,28-30H,16-17H2,1-3H3. The molecule has 3 heteroatoms. The van der Waals surface area contributed by atoms with Gasteiger partial charge in [0.15, 0.2) is 0 Å². The summed E-state index contributed by atoms with van der Waals surface area (Å²) in [4.78, 5) is 0. The van der Waals surface area contributed by atoms with Crippen LogP contribution in [0.2, 0.25) is 0 Å². The third-order valence-corrected chi connectivity index (χ3v) is 6.81. The molecular formula is C27H30O3. The predicted molar refractivity (Wildman–Crippen MR) is 120 cm³/mol. The zero-order valence-electron chi connectivity index (χ0n) is 17.8. The maximum atomic E-state index is 9.95. The third-order valence-electron chi connectivity index (χ3n) is 6.81. The van der Waals surface area contributed by atoms with Crippen LogP contribution in [0.4, 0.5) is 0 Å². The fourth-order valence-electron chi connectivity index (χ4n) is 6.08. The van der Waals surface area contributed by atoms with Crippen molar-refractivity contribution in [2.75, 3.05) is 0 Å². The molecule has 3 aromatic rings. The summed E-state index contributed by atoms with van der Waals surface area (Å²) in [5.41, 5.74) is 3.16. The molecule has 0 aliphatic heterocycles. The van der Waals surface area contributed by atoms with Crippen LogP contribution in [0.25, 0.3) is 0 Å². The molecule has 30 heavy (non-hydrogen) atoms. The fraction of sp³-hybridized carbons (Fsp3) is 0.333. The normalized spacial score (nSPS) is 22.5. The molecule has 0 heterocycles. The van der Waals surface area contributed by atoms with Crippen molar-refractivity contribution in [2.45, 2.75) is 44.9 Å². The van der Waals surface area contributed by atoms with Crippen LogP contribution in [0.1, 0.15) is 56.2 Å². The Morgan fingerprint density at radius 3 is 1.47 bits per heavy atom. The van der Waals surface area contributed by atoms with Crippen molar-refractivity contribution in [3.05, 3.63) is 89.5 Å². The molecule has 1 fully saturated rings. The van der Waals surface area contributed by atoms with Gasteiger partial charge in [0.25, 0.3) is 0 Å². The molecule has 0 amide bonds. The first-order valence-electron chi connectivity index (χ1n) is 10.6. The highest BCUT2D eigenvalue weighted by Gasteiger charge is 2.53. The number of hydrogen-bond donors (Lipinski definition) is 3. The molecule has 1 saturated carbocycles. The number of benzene rings is 3. The summed E-state index contributed by atoms with van der Waals surface area (Å²) in [6.07, 6.45) is 2.05. The van der Waals surface area contributed by atoms with Gasteiger partial charge in [-0.2, -0.15) is 0 Å². The van der Waals surface area contributed by atoms with E-state index in [1.54, 1.807) is 36.4 Å². The largest absolute Gasteiger partial charge is 0.508 e. The van der Waals surface area contributed by atoms with E-state index in [4.69, 9.17) is 0 Å². The highest BCUT2D eigenvalue weighted by molar-refractivity contribution is 5.49. The molecule has 156 valence electrons. The van der Waals surface area contributed by atoms with Crippen molar-refractivity contribution in [1.82, 2.24) is 0 Å². The maximum absolute atomic E-state index is 9.95.